The Morgan fingerprint density at radius 2 is 1.82 bits per heavy atom. The van der Waals surface area contributed by atoms with Crippen LogP contribution in [0, 0.1) is 0 Å². The molecule has 0 aliphatic carbocycles. The highest BCUT2D eigenvalue weighted by Gasteiger charge is 2.33. The van der Waals surface area contributed by atoms with Crippen LogP contribution >= 0.6 is 11.3 Å². The lowest BCUT2D eigenvalue weighted by Crippen LogP contribution is -2.44. The average molecular weight is 567 g/mol. The molecule has 2 aliphatic heterocycles. The Morgan fingerprint density at radius 1 is 1.10 bits per heavy atom. The molecule has 0 spiro atoms. The number of carbonyl (C=O) groups is 1. The van der Waals surface area contributed by atoms with Gasteiger partial charge in [0.1, 0.15) is 5.76 Å². The first kappa shape index (κ1) is 27.7. The second-order valence-electron chi connectivity index (χ2n) is 9.61. The molecule has 10 nitrogen and oxygen atoms in total. The van der Waals surface area contributed by atoms with E-state index in [0.717, 1.165) is 32.1 Å². The van der Waals surface area contributed by atoms with Gasteiger partial charge >= 0.3 is 5.97 Å². The fourth-order valence-electron chi connectivity index (χ4n) is 4.99. The van der Waals surface area contributed by atoms with E-state index in [0.29, 0.717) is 56.6 Å². The molecule has 3 aromatic rings. The minimum absolute atomic E-state index is 0.271. The number of benzene rings is 1. The monoisotopic (exact) mass is 566 g/mol. The van der Waals surface area contributed by atoms with Gasteiger partial charge in [0, 0.05) is 38.3 Å². The van der Waals surface area contributed by atoms with Crippen molar-refractivity contribution in [1.29, 1.82) is 0 Å². The third-order valence-corrected chi connectivity index (χ3v) is 7.99. The van der Waals surface area contributed by atoms with Gasteiger partial charge in [0.25, 0.3) is 5.56 Å². The van der Waals surface area contributed by atoms with E-state index in [2.05, 4.69) is 21.8 Å². The number of carbonyl (C=O) groups excluding carboxylic acids is 1. The number of esters is 1. The normalized spacial score (nSPS) is 18.0. The first-order valence-electron chi connectivity index (χ1n) is 13.4. The van der Waals surface area contributed by atoms with Gasteiger partial charge in [0.05, 0.1) is 42.2 Å². The summed E-state index contributed by atoms with van der Waals surface area (Å²) in [6, 6.07) is 8.50. The van der Waals surface area contributed by atoms with Gasteiger partial charge in [-0.3, -0.25) is 9.36 Å². The highest BCUT2D eigenvalue weighted by Crippen LogP contribution is 2.36. The molecule has 0 saturated carbocycles. The molecule has 0 amide bonds. The van der Waals surface area contributed by atoms with Gasteiger partial charge in [-0.05, 0) is 51.6 Å². The van der Waals surface area contributed by atoms with Crippen LogP contribution in [0.5, 0.6) is 11.5 Å². The number of hydrogen-bond donors (Lipinski definition) is 0. The summed E-state index contributed by atoms with van der Waals surface area (Å²) in [6.07, 6.45) is 1.74. The van der Waals surface area contributed by atoms with Gasteiger partial charge in [-0.1, -0.05) is 17.4 Å². The van der Waals surface area contributed by atoms with E-state index in [9.17, 15) is 9.59 Å². The highest BCUT2D eigenvalue weighted by molar-refractivity contribution is 7.07. The van der Waals surface area contributed by atoms with Crippen molar-refractivity contribution >= 4 is 29.3 Å². The molecular formula is C29H34N4O6S. The Hall–Kier alpha value is -3.83. The van der Waals surface area contributed by atoms with Crippen molar-refractivity contribution in [2.45, 2.75) is 26.8 Å². The molecule has 0 unspecified atom stereocenters. The van der Waals surface area contributed by atoms with Crippen molar-refractivity contribution in [1.82, 2.24) is 9.47 Å². The van der Waals surface area contributed by atoms with E-state index in [1.54, 1.807) is 23.6 Å². The van der Waals surface area contributed by atoms with E-state index >= 15 is 0 Å². The summed E-state index contributed by atoms with van der Waals surface area (Å²) in [6.45, 7) is 10.1. The van der Waals surface area contributed by atoms with Crippen LogP contribution in [0.15, 0.2) is 55.8 Å². The number of methoxy groups -OCH3 is 1. The molecule has 0 N–H and O–H groups in total. The summed E-state index contributed by atoms with van der Waals surface area (Å²) in [5.74, 6) is 1.95. The van der Waals surface area contributed by atoms with E-state index in [4.69, 9.17) is 18.6 Å². The van der Waals surface area contributed by atoms with E-state index < -0.39 is 12.0 Å². The Morgan fingerprint density at radius 3 is 2.52 bits per heavy atom. The topological polar surface area (TPSA) is 98.7 Å². The maximum atomic E-state index is 13.9. The highest BCUT2D eigenvalue weighted by atomic mass is 32.1. The summed E-state index contributed by atoms with van der Waals surface area (Å²) in [5, 5.41) is 0. The van der Waals surface area contributed by atoms with E-state index in [-0.39, 0.29) is 5.56 Å². The van der Waals surface area contributed by atoms with Crippen LogP contribution in [0.4, 0.5) is 5.88 Å². The molecular weight excluding hydrogens is 532 g/mol. The summed E-state index contributed by atoms with van der Waals surface area (Å²) in [7, 11) is 3.43. The largest absolute Gasteiger partial charge is 0.490 e. The second kappa shape index (κ2) is 11.7. The molecule has 40 heavy (non-hydrogen) atoms. The van der Waals surface area contributed by atoms with Crippen LogP contribution in [-0.4, -0.2) is 69.0 Å². The number of fused-ring (bicyclic) bond motifs is 1. The molecule has 1 aromatic carbocycles. The number of likely N-dealkylation sites (N-methyl/N-ethyl adjacent to an activating group) is 1. The van der Waals surface area contributed by atoms with Crippen molar-refractivity contribution in [2.24, 2.45) is 4.99 Å². The number of hydrogen-bond acceptors (Lipinski definition) is 10. The van der Waals surface area contributed by atoms with Gasteiger partial charge in [-0.25, -0.2) is 9.79 Å². The molecule has 5 rings (SSSR count). The SMILES string of the molecule is CCOc1ccc([C@@H]2C(C(=O)OC)=C(C)N=c3s/c(=C/c4ccc(N5CCN(C)CC5)o4)c(=O)n32)cc1OCC. The number of piperazine rings is 1. The van der Waals surface area contributed by atoms with Crippen molar-refractivity contribution in [3.05, 3.63) is 72.6 Å². The van der Waals surface area contributed by atoms with Gasteiger partial charge in [0.15, 0.2) is 22.2 Å². The molecule has 1 fully saturated rings. The molecule has 11 heteroatoms. The third kappa shape index (κ3) is 5.31. The number of allylic oxidation sites excluding steroid dienone is 1. The van der Waals surface area contributed by atoms with Crippen molar-refractivity contribution < 1.29 is 23.4 Å². The van der Waals surface area contributed by atoms with Gasteiger partial charge in [-0.15, -0.1) is 0 Å². The molecule has 0 radical (unpaired) electrons. The Labute approximate surface area is 236 Å². The summed E-state index contributed by atoms with van der Waals surface area (Å²) < 4.78 is 24.8. The second-order valence-corrected chi connectivity index (χ2v) is 10.6. The number of anilines is 1. The van der Waals surface area contributed by atoms with Crippen LogP contribution in [0.1, 0.15) is 38.1 Å². The van der Waals surface area contributed by atoms with E-state index in [1.165, 1.54) is 18.4 Å². The first-order chi connectivity index (χ1) is 19.3. The van der Waals surface area contributed by atoms with Crippen molar-refractivity contribution in [3.8, 4) is 11.5 Å². The Balaban J connectivity index is 1.60. The number of thiazole rings is 1. The maximum absolute atomic E-state index is 13.9. The molecule has 2 aromatic heterocycles. The number of rotatable bonds is 8. The number of aromatic nitrogens is 1. The molecule has 2 aliphatic rings. The lowest BCUT2D eigenvalue weighted by atomic mass is 9.95. The van der Waals surface area contributed by atoms with Crippen molar-refractivity contribution in [3.63, 3.8) is 0 Å². The predicted molar refractivity (Wildman–Crippen MR) is 153 cm³/mol. The summed E-state index contributed by atoms with van der Waals surface area (Å²) >= 11 is 1.26. The number of ether oxygens (including phenoxy) is 3. The Kier molecular flexibility index (Phi) is 8.13. The van der Waals surface area contributed by atoms with Crippen molar-refractivity contribution in [2.75, 3.05) is 58.5 Å². The zero-order chi connectivity index (χ0) is 28.4. The molecule has 1 saturated heterocycles. The minimum Gasteiger partial charge on any atom is -0.490 e. The fourth-order valence-corrected chi connectivity index (χ4v) is 6.02. The van der Waals surface area contributed by atoms with Crippen LogP contribution in [0.2, 0.25) is 0 Å². The molecule has 212 valence electrons. The molecule has 4 heterocycles. The van der Waals surface area contributed by atoms with Gasteiger partial charge in [-0.2, -0.15) is 0 Å². The summed E-state index contributed by atoms with van der Waals surface area (Å²) in [5.41, 5.74) is 1.20. The van der Waals surface area contributed by atoms with Gasteiger partial charge < -0.3 is 28.4 Å². The minimum atomic E-state index is -0.752. The summed E-state index contributed by atoms with van der Waals surface area (Å²) in [4.78, 5) is 36.5. The van der Waals surface area contributed by atoms with Crippen LogP contribution < -0.4 is 29.3 Å². The average Bonchev–Trinajstić information content (AvgIpc) is 3.53. The molecule has 0 bridgehead atoms. The van der Waals surface area contributed by atoms with E-state index in [1.807, 2.05) is 38.1 Å². The fraction of sp³-hybridized carbons (Fsp3) is 0.414. The van der Waals surface area contributed by atoms with Gasteiger partial charge in [0.2, 0.25) is 0 Å². The predicted octanol–water partition coefficient (Wildman–Crippen LogP) is 2.55. The maximum Gasteiger partial charge on any atom is 0.338 e. The number of furan rings is 1. The lowest BCUT2D eigenvalue weighted by Gasteiger charge is -2.32. The van der Waals surface area contributed by atoms with Crippen LogP contribution in [0.25, 0.3) is 6.08 Å². The Bertz CT molecular complexity index is 1610. The zero-order valence-corrected chi connectivity index (χ0v) is 24.2. The standard InChI is InChI=1S/C29H34N4O6S/c1-6-37-21-10-8-19(16-22(21)38-7-2)26-25(28(35)36-5)18(3)30-29-33(26)27(34)23(40-29)17-20-9-11-24(39-20)32-14-12-31(4)13-15-32/h8-11,16-17,26H,6-7,12-15H2,1-5H3/b23-17+/t26-/m1/s1. The number of nitrogens with zero attached hydrogens (tertiary/aromatic N) is 4. The smallest absolute Gasteiger partial charge is 0.338 e. The van der Waals surface area contributed by atoms with Crippen LogP contribution in [-0.2, 0) is 9.53 Å². The third-order valence-electron chi connectivity index (χ3n) is 7.01. The quantitative estimate of drug-likeness (QED) is 0.384. The molecule has 1 atom stereocenters. The van der Waals surface area contributed by atoms with Crippen LogP contribution in [0.3, 0.4) is 0 Å². The lowest BCUT2D eigenvalue weighted by molar-refractivity contribution is -0.136. The first-order valence-corrected chi connectivity index (χ1v) is 14.2. The zero-order valence-electron chi connectivity index (χ0n) is 23.4.